The second-order valence-electron chi connectivity index (χ2n) is 4.16. The highest BCUT2D eigenvalue weighted by atomic mass is 79.9. The average Bonchev–Trinajstić information content (AvgIpc) is 2.41. The lowest BCUT2D eigenvalue weighted by atomic mass is 10.3. The van der Waals surface area contributed by atoms with Crippen LogP contribution >= 0.6 is 15.9 Å². The van der Waals surface area contributed by atoms with Gasteiger partial charge in [0.2, 0.25) is 10.0 Å². The molecule has 1 rings (SSSR count). The van der Waals surface area contributed by atoms with Crippen molar-refractivity contribution in [2.24, 2.45) is 0 Å². The highest BCUT2D eigenvalue weighted by Crippen LogP contribution is 2.30. The molecular formula is C13H18BrNO5S. The van der Waals surface area contributed by atoms with Crippen LogP contribution in [0, 0.1) is 0 Å². The molecule has 0 heterocycles. The van der Waals surface area contributed by atoms with E-state index in [1.54, 1.807) is 26.0 Å². The number of nitrogens with zero attached hydrogens (tertiary/aromatic N) is 1. The third-order valence-corrected chi connectivity index (χ3v) is 5.24. The first-order chi connectivity index (χ1) is 9.82. The summed E-state index contributed by atoms with van der Waals surface area (Å²) in [6, 6.07) is 4.73. The zero-order valence-corrected chi connectivity index (χ0v) is 14.3. The van der Waals surface area contributed by atoms with E-state index in [4.69, 9.17) is 9.84 Å². The molecule has 0 saturated heterocycles. The van der Waals surface area contributed by atoms with Crippen molar-refractivity contribution in [2.45, 2.75) is 25.2 Å². The fraction of sp³-hybridized carbons (Fsp3) is 0.462. The molecule has 118 valence electrons. The minimum Gasteiger partial charge on any atom is -0.492 e. The molecule has 0 spiro atoms. The highest BCUT2D eigenvalue weighted by Gasteiger charge is 2.27. The van der Waals surface area contributed by atoms with Gasteiger partial charge < -0.3 is 9.84 Å². The maximum absolute atomic E-state index is 12.7. The zero-order chi connectivity index (χ0) is 16.0. The van der Waals surface area contributed by atoms with E-state index >= 15 is 0 Å². The van der Waals surface area contributed by atoms with Gasteiger partial charge in [0, 0.05) is 17.6 Å². The number of hydrogen-bond acceptors (Lipinski definition) is 4. The van der Waals surface area contributed by atoms with E-state index < -0.39 is 16.0 Å². The van der Waals surface area contributed by atoms with Crippen LogP contribution in [0.15, 0.2) is 27.6 Å². The lowest BCUT2D eigenvalue weighted by molar-refractivity contribution is -0.137. The van der Waals surface area contributed by atoms with Gasteiger partial charge in [0.1, 0.15) is 10.6 Å². The van der Waals surface area contributed by atoms with Crippen LogP contribution in [0.25, 0.3) is 0 Å². The van der Waals surface area contributed by atoms with Crippen LogP contribution in [0.4, 0.5) is 0 Å². The molecule has 0 aliphatic heterocycles. The van der Waals surface area contributed by atoms with Gasteiger partial charge in [-0.2, -0.15) is 4.31 Å². The summed E-state index contributed by atoms with van der Waals surface area (Å²) in [5.74, 6) is -0.780. The van der Waals surface area contributed by atoms with Crippen molar-refractivity contribution in [3.05, 3.63) is 22.7 Å². The van der Waals surface area contributed by atoms with E-state index in [0.29, 0.717) is 11.1 Å². The number of sulfonamides is 1. The molecule has 21 heavy (non-hydrogen) atoms. The topological polar surface area (TPSA) is 83.9 Å². The SMILES string of the molecule is CCOc1ccc(Br)cc1S(=O)(=O)N(CC)CCC(=O)O. The summed E-state index contributed by atoms with van der Waals surface area (Å²) in [4.78, 5) is 10.7. The summed E-state index contributed by atoms with van der Waals surface area (Å²) in [5.41, 5.74) is 0. The fourth-order valence-corrected chi connectivity index (χ4v) is 3.89. The molecule has 1 aromatic carbocycles. The molecule has 8 heteroatoms. The van der Waals surface area contributed by atoms with Crippen LogP contribution in [0.3, 0.4) is 0 Å². The minimum atomic E-state index is -3.81. The summed E-state index contributed by atoms with van der Waals surface area (Å²) in [5, 5.41) is 8.72. The third kappa shape index (κ3) is 4.69. The number of ether oxygens (including phenoxy) is 1. The van der Waals surface area contributed by atoms with Crippen molar-refractivity contribution in [3.8, 4) is 5.75 Å². The van der Waals surface area contributed by atoms with Crippen LogP contribution in [-0.4, -0.2) is 43.5 Å². The third-order valence-electron chi connectivity index (χ3n) is 2.75. The monoisotopic (exact) mass is 379 g/mol. The van der Waals surface area contributed by atoms with Gasteiger partial charge in [-0.05, 0) is 25.1 Å². The van der Waals surface area contributed by atoms with Crippen molar-refractivity contribution in [3.63, 3.8) is 0 Å². The number of aliphatic carboxylic acids is 1. The molecule has 0 amide bonds. The number of rotatable bonds is 8. The lowest BCUT2D eigenvalue weighted by Crippen LogP contribution is -2.33. The predicted octanol–water partition coefficient (Wildman–Crippen LogP) is 2.33. The van der Waals surface area contributed by atoms with Crippen molar-refractivity contribution in [1.29, 1.82) is 0 Å². The Labute approximate surface area is 132 Å². The molecule has 6 nitrogen and oxygen atoms in total. The second-order valence-corrected chi connectivity index (χ2v) is 6.99. The number of hydrogen-bond donors (Lipinski definition) is 1. The molecule has 0 bridgehead atoms. The highest BCUT2D eigenvalue weighted by molar-refractivity contribution is 9.10. The molecule has 0 aliphatic carbocycles. The van der Waals surface area contributed by atoms with Gasteiger partial charge in [0.15, 0.2) is 0 Å². The molecule has 0 fully saturated rings. The Bertz CT molecular complexity index is 603. The van der Waals surface area contributed by atoms with Gasteiger partial charge in [0.05, 0.1) is 13.0 Å². The molecule has 0 atom stereocenters. The van der Waals surface area contributed by atoms with E-state index in [1.165, 1.54) is 6.07 Å². The van der Waals surface area contributed by atoms with Crippen molar-refractivity contribution in [1.82, 2.24) is 4.31 Å². The lowest BCUT2D eigenvalue weighted by Gasteiger charge is -2.21. The molecule has 1 aromatic rings. The maximum atomic E-state index is 12.7. The molecule has 1 N–H and O–H groups in total. The summed E-state index contributed by atoms with van der Waals surface area (Å²) in [6.45, 7) is 3.88. The summed E-state index contributed by atoms with van der Waals surface area (Å²) in [6.07, 6.45) is -0.245. The van der Waals surface area contributed by atoms with Gasteiger partial charge in [0.25, 0.3) is 0 Å². The van der Waals surface area contributed by atoms with Crippen LogP contribution in [0.1, 0.15) is 20.3 Å². The van der Waals surface area contributed by atoms with Crippen molar-refractivity contribution >= 4 is 31.9 Å². The normalized spacial score (nSPS) is 11.6. The standard InChI is InChI=1S/C13H18BrNO5S/c1-3-15(8-7-13(16)17)21(18,19)12-9-10(14)5-6-11(12)20-4-2/h5-6,9H,3-4,7-8H2,1-2H3,(H,16,17). The van der Waals surface area contributed by atoms with Gasteiger partial charge in [-0.1, -0.05) is 22.9 Å². The Morgan fingerprint density at radius 1 is 1.38 bits per heavy atom. The quantitative estimate of drug-likeness (QED) is 0.749. The fourth-order valence-electron chi connectivity index (χ4n) is 1.77. The Balaban J connectivity index is 3.20. The molecule has 0 saturated carbocycles. The van der Waals surface area contributed by atoms with E-state index in [2.05, 4.69) is 15.9 Å². The Kier molecular flexibility index (Phi) is 6.63. The largest absolute Gasteiger partial charge is 0.492 e. The van der Waals surface area contributed by atoms with Gasteiger partial charge in [-0.3, -0.25) is 4.79 Å². The smallest absolute Gasteiger partial charge is 0.304 e. The minimum absolute atomic E-state index is 0.0333. The predicted molar refractivity (Wildman–Crippen MR) is 82.0 cm³/mol. The molecule has 0 aromatic heterocycles. The van der Waals surface area contributed by atoms with Crippen LogP contribution in [0.5, 0.6) is 5.75 Å². The Morgan fingerprint density at radius 2 is 2.05 bits per heavy atom. The zero-order valence-electron chi connectivity index (χ0n) is 11.9. The Hall–Kier alpha value is -1.12. The van der Waals surface area contributed by atoms with E-state index in [1.807, 2.05) is 0 Å². The van der Waals surface area contributed by atoms with Gasteiger partial charge >= 0.3 is 5.97 Å². The molecule has 0 unspecified atom stereocenters. The van der Waals surface area contributed by atoms with Crippen LogP contribution in [-0.2, 0) is 14.8 Å². The van der Waals surface area contributed by atoms with Crippen LogP contribution < -0.4 is 4.74 Å². The number of carbonyl (C=O) groups is 1. The second kappa shape index (κ2) is 7.77. The maximum Gasteiger partial charge on any atom is 0.304 e. The van der Waals surface area contributed by atoms with Gasteiger partial charge in [-0.15, -0.1) is 0 Å². The molecular weight excluding hydrogens is 362 g/mol. The van der Waals surface area contributed by atoms with Crippen molar-refractivity contribution in [2.75, 3.05) is 19.7 Å². The first kappa shape index (κ1) is 17.9. The van der Waals surface area contributed by atoms with E-state index in [-0.39, 0.29) is 30.2 Å². The van der Waals surface area contributed by atoms with E-state index in [9.17, 15) is 13.2 Å². The van der Waals surface area contributed by atoms with Crippen molar-refractivity contribution < 1.29 is 23.1 Å². The Morgan fingerprint density at radius 3 is 2.57 bits per heavy atom. The average molecular weight is 380 g/mol. The number of carboxylic acid groups (broad SMARTS) is 1. The first-order valence-electron chi connectivity index (χ1n) is 6.47. The summed E-state index contributed by atoms with van der Waals surface area (Å²) in [7, 11) is -3.81. The number of benzene rings is 1. The van der Waals surface area contributed by atoms with Gasteiger partial charge in [-0.25, -0.2) is 8.42 Å². The van der Waals surface area contributed by atoms with E-state index in [0.717, 1.165) is 4.31 Å². The summed E-state index contributed by atoms with van der Waals surface area (Å²) < 4.78 is 32.4. The molecule has 0 aliphatic rings. The van der Waals surface area contributed by atoms with Crippen LogP contribution in [0.2, 0.25) is 0 Å². The number of carboxylic acids is 1. The first-order valence-corrected chi connectivity index (χ1v) is 8.70. The number of halogens is 1. The summed E-state index contributed by atoms with van der Waals surface area (Å²) >= 11 is 3.24. The molecule has 0 radical (unpaired) electrons.